The lowest BCUT2D eigenvalue weighted by atomic mass is 9.57. The van der Waals surface area contributed by atoms with Crippen molar-refractivity contribution in [3.63, 3.8) is 0 Å². The van der Waals surface area contributed by atoms with Gasteiger partial charge in [-0.05, 0) is 96.8 Å². The molecule has 0 saturated carbocycles. The van der Waals surface area contributed by atoms with Gasteiger partial charge in [0.25, 0.3) is 0 Å². The highest BCUT2D eigenvalue weighted by atomic mass is 16.5. The summed E-state index contributed by atoms with van der Waals surface area (Å²) in [4.78, 5) is 27.4. The zero-order valence-corrected chi connectivity index (χ0v) is 23.5. The van der Waals surface area contributed by atoms with Gasteiger partial charge in [-0.15, -0.1) is 0 Å². The van der Waals surface area contributed by atoms with Crippen LogP contribution in [-0.2, 0) is 14.2 Å². The average molecular weight is 527 g/mol. The lowest BCUT2D eigenvalue weighted by molar-refractivity contribution is -0.138. The van der Waals surface area contributed by atoms with Crippen molar-refractivity contribution in [2.75, 3.05) is 7.05 Å². The molecule has 6 nitrogen and oxygen atoms in total. The summed E-state index contributed by atoms with van der Waals surface area (Å²) >= 11 is 0. The van der Waals surface area contributed by atoms with Gasteiger partial charge >= 0.3 is 7.12 Å². The Morgan fingerprint density at radius 2 is 1.77 bits per heavy atom. The molecule has 1 aliphatic carbocycles. The number of allylic oxidation sites excluding steroid dienone is 2. The van der Waals surface area contributed by atoms with E-state index in [-0.39, 0.29) is 35.7 Å². The molecular weight excluding hydrogens is 489 g/mol. The Morgan fingerprint density at radius 1 is 1.10 bits per heavy atom. The molecule has 0 spiro atoms. The zero-order chi connectivity index (χ0) is 28.0. The van der Waals surface area contributed by atoms with Crippen LogP contribution >= 0.6 is 0 Å². The fourth-order valence-electron chi connectivity index (χ4n) is 6.92. The van der Waals surface area contributed by atoms with E-state index in [1.165, 1.54) is 10.5 Å². The van der Waals surface area contributed by atoms with Crippen LogP contribution in [0, 0.1) is 37.5 Å². The molecule has 2 aromatic rings. The smallest absolute Gasteiger partial charge is 0.455 e. The molecule has 2 fully saturated rings. The van der Waals surface area contributed by atoms with Crippen molar-refractivity contribution in [3.8, 4) is 5.75 Å². The quantitative estimate of drug-likeness (QED) is 0.227. The van der Waals surface area contributed by atoms with Gasteiger partial charge < -0.3 is 14.8 Å². The van der Waals surface area contributed by atoms with Crippen molar-refractivity contribution < 1.29 is 24.4 Å². The van der Waals surface area contributed by atoms with E-state index >= 15 is 0 Å². The topological polar surface area (TPSA) is 87.1 Å². The fourth-order valence-corrected chi connectivity index (χ4v) is 6.92. The van der Waals surface area contributed by atoms with Gasteiger partial charge in [-0.2, -0.15) is 0 Å². The summed E-state index contributed by atoms with van der Waals surface area (Å²) < 4.78 is 6.19. The summed E-state index contributed by atoms with van der Waals surface area (Å²) in [5.74, 6) is -0.667. The summed E-state index contributed by atoms with van der Waals surface area (Å²) in [6, 6.07) is 14.2. The number of aryl methyl sites for hydroxylation is 2. The number of rotatable bonds is 6. The zero-order valence-electron chi connectivity index (χ0n) is 23.5. The molecule has 0 unspecified atom stereocenters. The normalized spacial score (nSPS) is 25.5. The van der Waals surface area contributed by atoms with Gasteiger partial charge in [0.1, 0.15) is 5.75 Å². The van der Waals surface area contributed by atoms with Gasteiger partial charge in [-0.3, -0.25) is 14.5 Å². The van der Waals surface area contributed by atoms with Crippen LogP contribution in [0.15, 0.2) is 53.6 Å². The van der Waals surface area contributed by atoms with E-state index in [0.29, 0.717) is 31.3 Å². The summed E-state index contributed by atoms with van der Waals surface area (Å²) in [7, 11) is 0.602. The molecular formula is C32H38BNO5. The Morgan fingerprint density at radius 3 is 2.41 bits per heavy atom. The summed E-state index contributed by atoms with van der Waals surface area (Å²) in [5.41, 5.74) is 7.24. The summed E-state index contributed by atoms with van der Waals surface area (Å²) in [6.07, 6.45) is 4.08. The SMILES string of the molecule is Cc1cc(/C=C(/CC[C@H]2OB(O)C[C@H]3C2=C(C(C)C)C[C@H]2C(=O)N(C)C(=O)[C@H]23)c2ccccc2)cc(C)c1O. The Labute approximate surface area is 231 Å². The van der Waals surface area contributed by atoms with Gasteiger partial charge in [-0.1, -0.05) is 55.8 Å². The Hall–Kier alpha value is -3.16. The number of amides is 2. The number of nitrogens with zero attached hydrogens (tertiary/aromatic N) is 1. The molecule has 2 heterocycles. The van der Waals surface area contributed by atoms with Gasteiger partial charge in [0.05, 0.1) is 17.9 Å². The molecule has 7 heteroatoms. The highest BCUT2D eigenvalue weighted by Crippen LogP contribution is 2.51. The van der Waals surface area contributed by atoms with Gasteiger partial charge in [0, 0.05) is 7.05 Å². The largest absolute Gasteiger partial charge is 0.507 e. The number of carbonyl (C=O) groups excluding carboxylic acids is 2. The van der Waals surface area contributed by atoms with E-state index in [4.69, 9.17) is 4.65 Å². The number of fused-ring (bicyclic) bond motifs is 3. The van der Waals surface area contributed by atoms with E-state index in [0.717, 1.165) is 33.4 Å². The predicted molar refractivity (Wildman–Crippen MR) is 154 cm³/mol. The molecule has 2 aromatic carbocycles. The summed E-state index contributed by atoms with van der Waals surface area (Å²) in [6.45, 7) is 8.08. The van der Waals surface area contributed by atoms with E-state index in [2.05, 4.69) is 32.1 Å². The lowest BCUT2D eigenvalue weighted by Crippen LogP contribution is -2.46. The average Bonchev–Trinajstić information content (AvgIpc) is 3.13. The third kappa shape index (κ3) is 5.10. The first-order chi connectivity index (χ1) is 18.6. The van der Waals surface area contributed by atoms with Crippen LogP contribution in [0.25, 0.3) is 11.6 Å². The van der Waals surface area contributed by atoms with E-state index in [1.54, 1.807) is 7.05 Å². The number of likely N-dealkylation sites (tertiary alicyclic amines) is 1. The molecule has 2 amide bonds. The van der Waals surface area contributed by atoms with Gasteiger partial charge in [0.2, 0.25) is 11.8 Å². The molecule has 3 aliphatic rings. The highest BCUT2D eigenvalue weighted by Gasteiger charge is 2.56. The van der Waals surface area contributed by atoms with Crippen molar-refractivity contribution in [3.05, 3.63) is 75.9 Å². The molecule has 2 aliphatic heterocycles. The minimum absolute atomic E-state index is 0.103. The van der Waals surface area contributed by atoms with Crippen molar-refractivity contribution in [1.82, 2.24) is 4.90 Å². The second-order valence-electron chi connectivity index (χ2n) is 11.7. The molecule has 2 N–H and O–H groups in total. The van der Waals surface area contributed by atoms with Crippen LogP contribution in [0.2, 0.25) is 6.32 Å². The first-order valence-electron chi connectivity index (χ1n) is 14.0. The molecule has 0 aromatic heterocycles. The summed E-state index contributed by atoms with van der Waals surface area (Å²) in [5, 5.41) is 21.1. The standard InChI is InChI=1S/C32H38BNO5/c1-18(2)24-16-25-29(32(37)34(5)31(25)36)26-17-33(38)39-27(28(24)26)12-11-23(22-9-7-6-8-10-22)15-21-13-19(3)30(35)20(4)14-21/h6-10,13-15,18,25-27,29,35,38H,11-12,16-17H2,1-5H3/b23-15-/t25-,26+,27-,29-/m1/s1. The maximum Gasteiger partial charge on any atom is 0.455 e. The van der Waals surface area contributed by atoms with Crippen LogP contribution < -0.4 is 0 Å². The highest BCUT2D eigenvalue weighted by molar-refractivity contribution is 6.43. The third-order valence-corrected chi connectivity index (χ3v) is 8.84. The molecule has 2 saturated heterocycles. The second-order valence-corrected chi connectivity index (χ2v) is 11.7. The van der Waals surface area contributed by atoms with Crippen LogP contribution in [0.1, 0.15) is 55.4 Å². The monoisotopic (exact) mass is 527 g/mol. The van der Waals surface area contributed by atoms with Crippen molar-refractivity contribution >= 4 is 30.6 Å². The minimum atomic E-state index is -0.976. The van der Waals surface area contributed by atoms with E-state index in [9.17, 15) is 19.7 Å². The Balaban J connectivity index is 1.50. The molecule has 0 bridgehead atoms. The minimum Gasteiger partial charge on any atom is -0.507 e. The number of phenolic OH excluding ortho intramolecular Hbond substituents is 1. The van der Waals surface area contributed by atoms with Crippen molar-refractivity contribution in [2.45, 2.75) is 59.4 Å². The number of hydrogen-bond donors (Lipinski definition) is 2. The fraction of sp³-hybridized carbons (Fsp3) is 0.438. The van der Waals surface area contributed by atoms with Crippen LogP contribution in [0.5, 0.6) is 5.75 Å². The Kier molecular flexibility index (Phi) is 7.58. The van der Waals surface area contributed by atoms with Crippen LogP contribution in [0.4, 0.5) is 0 Å². The molecule has 204 valence electrons. The number of carbonyl (C=O) groups is 2. The van der Waals surface area contributed by atoms with E-state index in [1.807, 2.05) is 44.2 Å². The second kappa shape index (κ2) is 10.8. The number of hydrogen-bond acceptors (Lipinski definition) is 5. The first kappa shape index (κ1) is 27.4. The molecule has 5 rings (SSSR count). The van der Waals surface area contributed by atoms with Gasteiger partial charge in [0.15, 0.2) is 0 Å². The lowest BCUT2D eigenvalue weighted by Gasteiger charge is -2.44. The number of phenols is 1. The predicted octanol–water partition coefficient (Wildman–Crippen LogP) is 5.41. The van der Waals surface area contributed by atoms with Crippen LogP contribution in [0.3, 0.4) is 0 Å². The number of imide groups is 1. The molecule has 0 radical (unpaired) electrons. The van der Waals surface area contributed by atoms with Crippen molar-refractivity contribution in [1.29, 1.82) is 0 Å². The molecule has 4 atom stereocenters. The molecule has 39 heavy (non-hydrogen) atoms. The van der Waals surface area contributed by atoms with Crippen molar-refractivity contribution in [2.24, 2.45) is 23.7 Å². The first-order valence-corrected chi connectivity index (χ1v) is 14.0. The Bertz CT molecular complexity index is 1320. The maximum absolute atomic E-state index is 13.2. The third-order valence-electron chi connectivity index (χ3n) is 8.84. The number of benzene rings is 2. The number of aromatic hydroxyl groups is 1. The van der Waals surface area contributed by atoms with Crippen LogP contribution in [-0.4, -0.2) is 47.1 Å². The maximum atomic E-state index is 13.2. The van der Waals surface area contributed by atoms with E-state index < -0.39 is 13.0 Å². The van der Waals surface area contributed by atoms with Gasteiger partial charge in [-0.25, -0.2) is 0 Å².